The first-order valence-electron chi connectivity index (χ1n) is 7.70. The van der Waals surface area contributed by atoms with E-state index < -0.39 is 28.9 Å². The highest BCUT2D eigenvalue weighted by molar-refractivity contribution is 9.10. The predicted octanol–water partition coefficient (Wildman–Crippen LogP) is 4.59. The minimum Gasteiger partial charge on any atom is -0.444 e. The molecule has 126 valence electrons. The molecule has 0 radical (unpaired) electrons. The Bertz CT molecular complexity index is 626. The van der Waals surface area contributed by atoms with Crippen molar-refractivity contribution in [3.63, 3.8) is 0 Å². The molecule has 2 atom stereocenters. The van der Waals surface area contributed by atoms with Crippen LogP contribution in [0.15, 0.2) is 28.7 Å². The van der Waals surface area contributed by atoms with Gasteiger partial charge in [-0.15, -0.1) is 0 Å². The quantitative estimate of drug-likeness (QED) is 0.704. The zero-order chi connectivity index (χ0) is 17.0. The van der Waals surface area contributed by atoms with Crippen LogP contribution in [-0.4, -0.2) is 35.6 Å². The maximum atomic E-state index is 14.5. The van der Waals surface area contributed by atoms with Crippen LogP contribution < -0.4 is 0 Å². The molecule has 1 saturated carbocycles. The molecule has 1 aromatic carbocycles. The fourth-order valence-electron chi connectivity index (χ4n) is 3.54. The van der Waals surface area contributed by atoms with Crippen molar-refractivity contribution in [2.75, 3.05) is 13.1 Å². The molecule has 1 aliphatic carbocycles. The molecular formula is C17H20BrF2NO2. The summed E-state index contributed by atoms with van der Waals surface area (Å²) in [7, 11) is 0. The maximum absolute atomic E-state index is 14.5. The molecule has 0 spiro atoms. The Morgan fingerprint density at radius 1 is 1.30 bits per heavy atom. The van der Waals surface area contributed by atoms with E-state index in [1.807, 2.05) is 0 Å². The van der Waals surface area contributed by atoms with E-state index in [2.05, 4.69) is 15.9 Å². The number of hydrogen-bond donors (Lipinski definition) is 0. The van der Waals surface area contributed by atoms with Crippen LogP contribution >= 0.6 is 15.9 Å². The maximum Gasteiger partial charge on any atom is 0.410 e. The van der Waals surface area contributed by atoms with Gasteiger partial charge in [0.25, 0.3) is 5.92 Å². The second-order valence-corrected chi connectivity index (χ2v) is 8.25. The summed E-state index contributed by atoms with van der Waals surface area (Å²) in [6, 6.07) is 7.08. The van der Waals surface area contributed by atoms with E-state index in [0.717, 1.165) is 4.47 Å². The summed E-state index contributed by atoms with van der Waals surface area (Å²) in [6.45, 7) is 5.64. The van der Waals surface area contributed by atoms with Gasteiger partial charge >= 0.3 is 6.09 Å². The van der Waals surface area contributed by atoms with Crippen molar-refractivity contribution in [3.8, 4) is 0 Å². The van der Waals surface area contributed by atoms with E-state index in [0.29, 0.717) is 5.56 Å². The summed E-state index contributed by atoms with van der Waals surface area (Å²) >= 11 is 3.33. The highest BCUT2D eigenvalue weighted by atomic mass is 79.9. The number of ether oxygens (including phenoxy) is 1. The minimum absolute atomic E-state index is 0.0397. The first-order chi connectivity index (χ1) is 10.6. The third-order valence-electron chi connectivity index (χ3n) is 4.73. The molecule has 23 heavy (non-hydrogen) atoms. The third-order valence-corrected chi connectivity index (χ3v) is 5.26. The van der Waals surface area contributed by atoms with Gasteiger partial charge in [-0.1, -0.05) is 28.1 Å². The van der Waals surface area contributed by atoms with Gasteiger partial charge in [0.2, 0.25) is 0 Å². The molecule has 2 aliphatic rings. The number of halogens is 3. The van der Waals surface area contributed by atoms with Crippen LogP contribution in [-0.2, 0) is 10.2 Å². The number of amides is 1. The van der Waals surface area contributed by atoms with Crippen LogP contribution in [0.1, 0.15) is 32.8 Å². The number of likely N-dealkylation sites (tertiary alicyclic amines) is 1. The number of carbonyl (C=O) groups excluding carboxylic acids is 1. The van der Waals surface area contributed by atoms with Crippen LogP contribution in [0.25, 0.3) is 0 Å². The van der Waals surface area contributed by atoms with Crippen LogP contribution in [0, 0.1) is 5.92 Å². The Morgan fingerprint density at radius 3 is 2.43 bits per heavy atom. The summed E-state index contributed by atoms with van der Waals surface area (Å²) in [5, 5.41) is 0. The molecule has 6 heteroatoms. The van der Waals surface area contributed by atoms with Crippen LogP contribution in [0.5, 0.6) is 0 Å². The van der Waals surface area contributed by atoms with Crippen molar-refractivity contribution in [3.05, 3.63) is 34.3 Å². The van der Waals surface area contributed by atoms with E-state index in [4.69, 9.17) is 4.74 Å². The average molecular weight is 388 g/mol. The molecular weight excluding hydrogens is 368 g/mol. The van der Waals surface area contributed by atoms with Gasteiger partial charge in [-0.2, -0.15) is 0 Å². The number of fused-ring (bicyclic) bond motifs is 1. The van der Waals surface area contributed by atoms with Crippen molar-refractivity contribution < 1.29 is 18.3 Å². The Balaban J connectivity index is 1.78. The van der Waals surface area contributed by atoms with Gasteiger partial charge in [0.05, 0.1) is 11.3 Å². The molecule has 0 N–H and O–H groups in total. The van der Waals surface area contributed by atoms with E-state index in [1.54, 1.807) is 45.0 Å². The highest BCUT2D eigenvalue weighted by Crippen LogP contribution is 2.70. The van der Waals surface area contributed by atoms with Crippen molar-refractivity contribution in [1.82, 2.24) is 4.90 Å². The monoisotopic (exact) mass is 387 g/mol. The summed E-state index contributed by atoms with van der Waals surface area (Å²) in [5.74, 6) is -3.62. The number of alkyl halides is 2. The SMILES string of the molecule is CC(C)(C)OC(=O)N1CCC2(c3ccc(Br)cc3)C(C1)C2(F)F. The van der Waals surface area contributed by atoms with E-state index in [1.165, 1.54) is 4.90 Å². The van der Waals surface area contributed by atoms with Gasteiger partial charge in [0.1, 0.15) is 5.60 Å². The Kier molecular flexibility index (Phi) is 3.74. The number of rotatable bonds is 1. The molecule has 0 aromatic heterocycles. The van der Waals surface area contributed by atoms with Crippen LogP contribution in [0.3, 0.4) is 0 Å². The standard InChI is InChI=1S/C17H20BrF2NO2/c1-15(2,3)23-14(22)21-9-8-16(13(10-21)17(16,19)20)11-4-6-12(18)7-5-11/h4-7,13H,8-10H2,1-3H3. The predicted molar refractivity (Wildman–Crippen MR) is 86.7 cm³/mol. The zero-order valence-corrected chi connectivity index (χ0v) is 15.0. The molecule has 1 heterocycles. The Morgan fingerprint density at radius 2 is 1.91 bits per heavy atom. The van der Waals surface area contributed by atoms with Crippen molar-refractivity contribution in [1.29, 1.82) is 0 Å². The van der Waals surface area contributed by atoms with Gasteiger partial charge in [-0.05, 0) is 44.9 Å². The Hall–Kier alpha value is -1.17. The first-order valence-corrected chi connectivity index (χ1v) is 8.49. The lowest BCUT2D eigenvalue weighted by Crippen LogP contribution is -2.43. The molecule has 1 aliphatic heterocycles. The van der Waals surface area contributed by atoms with Crippen molar-refractivity contribution in [2.24, 2.45) is 5.92 Å². The summed E-state index contributed by atoms with van der Waals surface area (Å²) in [6.07, 6.45) is -0.254. The van der Waals surface area contributed by atoms with Gasteiger partial charge in [0, 0.05) is 17.6 Å². The molecule has 1 amide bonds. The second-order valence-electron chi connectivity index (χ2n) is 7.33. The lowest BCUT2D eigenvalue weighted by atomic mass is 9.87. The van der Waals surface area contributed by atoms with E-state index in [9.17, 15) is 13.6 Å². The summed E-state index contributed by atoms with van der Waals surface area (Å²) in [4.78, 5) is 13.5. The topological polar surface area (TPSA) is 29.5 Å². The number of piperidine rings is 1. The molecule has 3 nitrogen and oxygen atoms in total. The smallest absolute Gasteiger partial charge is 0.410 e. The molecule has 1 saturated heterocycles. The highest BCUT2D eigenvalue weighted by Gasteiger charge is 2.82. The largest absolute Gasteiger partial charge is 0.444 e. The van der Waals surface area contributed by atoms with Gasteiger partial charge in [0.15, 0.2) is 0 Å². The lowest BCUT2D eigenvalue weighted by Gasteiger charge is -2.32. The number of benzene rings is 1. The summed E-state index contributed by atoms with van der Waals surface area (Å²) < 4.78 is 35.2. The molecule has 2 unspecified atom stereocenters. The zero-order valence-electron chi connectivity index (χ0n) is 13.4. The molecule has 1 aromatic rings. The van der Waals surface area contributed by atoms with Crippen molar-refractivity contribution in [2.45, 2.75) is 44.1 Å². The van der Waals surface area contributed by atoms with Crippen molar-refractivity contribution >= 4 is 22.0 Å². The second kappa shape index (κ2) is 5.16. The number of hydrogen-bond acceptors (Lipinski definition) is 2. The van der Waals surface area contributed by atoms with Gasteiger partial charge in [-0.25, -0.2) is 13.6 Å². The fraction of sp³-hybridized carbons (Fsp3) is 0.588. The van der Waals surface area contributed by atoms with Gasteiger partial charge < -0.3 is 9.64 Å². The van der Waals surface area contributed by atoms with Gasteiger partial charge in [-0.3, -0.25) is 0 Å². The Labute approximate surface area is 143 Å². The summed E-state index contributed by atoms with van der Waals surface area (Å²) in [5.41, 5.74) is -1.10. The normalized spacial score (nSPS) is 29.0. The fourth-order valence-corrected chi connectivity index (χ4v) is 3.81. The average Bonchev–Trinajstić information content (AvgIpc) is 2.95. The molecule has 2 fully saturated rings. The minimum atomic E-state index is -2.78. The molecule has 0 bridgehead atoms. The number of nitrogens with zero attached hydrogens (tertiary/aromatic N) is 1. The third kappa shape index (κ3) is 2.65. The molecule has 3 rings (SSSR count). The number of carbonyl (C=O) groups is 1. The lowest BCUT2D eigenvalue weighted by molar-refractivity contribution is 0.0195. The van der Waals surface area contributed by atoms with E-state index in [-0.39, 0.29) is 19.5 Å². The van der Waals surface area contributed by atoms with Crippen LogP contribution in [0.2, 0.25) is 0 Å². The van der Waals surface area contributed by atoms with E-state index >= 15 is 0 Å². The van der Waals surface area contributed by atoms with Crippen LogP contribution in [0.4, 0.5) is 13.6 Å². The first kappa shape index (κ1) is 16.7.